The predicted molar refractivity (Wildman–Crippen MR) is 51.9 cm³/mol. The fraction of sp³-hybridized carbons (Fsp3) is 0.400. The van der Waals surface area contributed by atoms with Gasteiger partial charge in [0.05, 0.1) is 6.04 Å². The number of benzene rings is 1. The SMILES string of the molecule is FCC1NCCc2c(Cl)cccc21. The smallest absolute Gasteiger partial charge is 0.109 e. The third-order valence-corrected chi connectivity index (χ3v) is 2.80. The average Bonchev–Trinajstić information content (AvgIpc) is 2.18. The van der Waals surface area contributed by atoms with E-state index >= 15 is 0 Å². The van der Waals surface area contributed by atoms with Crippen LogP contribution in [0.25, 0.3) is 0 Å². The molecule has 0 saturated carbocycles. The lowest BCUT2D eigenvalue weighted by Gasteiger charge is -2.25. The molecule has 1 aromatic carbocycles. The molecule has 1 aliphatic rings. The van der Waals surface area contributed by atoms with Crippen LogP contribution in [0, 0.1) is 0 Å². The zero-order valence-corrected chi connectivity index (χ0v) is 7.94. The van der Waals surface area contributed by atoms with Crippen LogP contribution in [-0.2, 0) is 6.42 Å². The largest absolute Gasteiger partial charge is 0.307 e. The van der Waals surface area contributed by atoms with Gasteiger partial charge in [0, 0.05) is 5.02 Å². The first-order valence-electron chi connectivity index (χ1n) is 4.39. The average molecular weight is 200 g/mol. The molecule has 0 fully saturated rings. The molecule has 70 valence electrons. The highest BCUT2D eigenvalue weighted by molar-refractivity contribution is 6.31. The highest BCUT2D eigenvalue weighted by Gasteiger charge is 2.20. The Bertz CT molecular complexity index is 314. The number of hydrogen-bond acceptors (Lipinski definition) is 1. The summed E-state index contributed by atoms with van der Waals surface area (Å²) in [6, 6.07) is 5.51. The van der Waals surface area contributed by atoms with Gasteiger partial charge in [0.1, 0.15) is 6.67 Å². The summed E-state index contributed by atoms with van der Waals surface area (Å²) >= 11 is 6.01. The Labute approximate surface area is 81.9 Å². The molecule has 1 heterocycles. The number of nitrogens with one attached hydrogen (secondary N) is 1. The van der Waals surface area contributed by atoms with E-state index < -0.39 is 0 Å². The van der Waals surface area contributed by atoms with E-state index in [0.29, 0.717) is 0 Å². The van der Waals surface area contributed by atoms with Crippen LogP contribution in [0.4, 0.5) is 4.39 Å². The van der Waals surface area contributed by atoms with Crippen LogP contribution in [0.3, 0.4) is 0 Å². The van der Waals surface area contributed by atoms with Crippen molar-refractivity contribution in [2.45, 2.75) is 12.5 Å². The molecule has 0 radical (unpaired) electrons. The quantitative estimate of drug-likeness (QED) is 0.733. The topological polar surface area (TPSA) is 12.0 Å². The van der Waals surface area contributed by atoms with Crippen molar-refractivity contribution in [1.82, 2.24) is 5.32 Å². The first kappa shape index (κ1) is 8.97. The number of fused-ring (bicyclic) bond motifs is 1. The van der Waals surface area contributed by atoms with Crippen molar-refractivity contribution in [3.63, 3.8) is 0 Å². The number of halogens is 2. The molecule has 1 nitrogen and oxygen atoms in total. The Morgan fingerprint density at radius 3 is 3.15 bits per heavy atom. The molecule has 1 N–H and O–H groups in total. The Morgan fingerprint density at radius 2 is 2.38 bits per heavy atom. The predicted octanol–water partition coefficient (Wildman–Crippen LogP) is 2.50. The lowest BCUT2D eigenvalue weighted by molar-refractivity contribution is 0.371. The van der Waals surface area contributed by atoms with Crippen molar-refractivity contribution in [3.8, 4) is 0 Å². The van der Waals surface area contributed by atoms with Crippen LogP contribution in [0.15, 0.2) is 18.2 Å². The third kappa shape index (κ3) is 1.56. The lowest BCUT2D eigenvalue weighted by atomic mass is 9.95. The van der Waals surface area contributed by atoms with Crippen LogP contribution < -0.4 is 5.32 Å². The van der Waals surface area contributed by atoms with Gasteiger partial charge in [0.15, 0.2) is 0 Å². The molecule has 1 unspecified atom stereocenters. The summed E-state index contributed by atoms with van der Waals surface area (Å²) in [5.41, 5.74) is 2.12. The fourth-order valence-electron chi connectivity index (χ4n) is 1.78. The van der Waals surface area contributed by atoms with Crippen LogP contribution >= 0.6 is 11.6 Å². The van der Waals surface area contributed by atoms with Crippen LogP contribution in [0.1, 0.15) is 17.2 Å². The minimum atomic E-state index is -0.368. The highest BCUT2D eigenvalue weighted by atomic mass is 35.5. The maximum Gasteiger partial charge on any atom is 0.109 e. The second kappa shape index (κ2) is 3.64. The van der Waals surface area contributed by atoms with Crippen LogP contribution in [0.2, 0.25) is 5.02 Å². The monoisotopic (exact) mass is 199 g/mol. The Hall–Kier alpha value is -0.600. The van der Waals surface area contributed by atoms with E-state index in [2.05, 4.69) is 5.32 Å². The number of alkyl halides is 1. The summed E-state index contributed by atoms with van der Waals surface area (Å²) in [5.74, 6) is 0. The number of hydrogen-bond donors (Lipinski definition) is 1. The first-order valence-corrected chi connectivity index (χ1v) is 4.77. The third-order valence-electron chi connectivity index (χ3n) is 2.45. The van der Waals surface area contributed by atoms with E-state index in [9.17, 15) is 4.39 Å². The summed E-state index contributed by atoms with van der Waals surface area (Å²) in [6.45, 7) is 0.443. The molecule has 0 aromatic heterocycles. The Balaban J connectivity index is 2.45. The van der Waals surface area contributed by atoms with Crippen molar-refractivity contribution in [3.05, 3.63) is 34.3 Å². The van der Waals surface area contributed by atoms with Gasteiger partial charge in [-0.2, -0.15) is 0 Å². The standard InChI is InChI=1S/C10H11ClFN/c11-9-3-1-2-8-7(9)4-5-13-10(8)6-12/h1-3,10,13H,4-6H2. The van der Waals surface area contributed by atoms with E-state index in [1.165, 1.54) is 0 Å². The van der Waals surface area contributed by atoms with Gasteiger partial charge in [0.2, 0.25) is 0 Å². The summed E-state index contributed by atoms with van der Waals surface area (Å²) in [6.07, 6.45) is 0.894. The van der Waals surface area contributed by atoms with Gasteiger partial charge in [-0.05, 0) is 30.2 Å². The molecule has 1 aromatic rings. The molecule has 0 bridgehead atoms. The lowest BCUT2D eigenvalue weighted by Crippen LogP contribution is -2.31. The van der Waals surface area contributed by atoms with Gasteiger partial charge in [-0.25, -0.2) is 4.39 Å². The zero-order valence-electron chi connectivity index (χ0n) is 7.19. The van der Waals surface area contributed by atoms with Gasteiger partial charge < -0.3 is 5.32 Å². The molecule has 13 heavy (non-hydrogen) atoms. The Kier molecular flexibility index (Phi) is 2.51. The molecule has 1 aliphatic heterocycles. The summed E-state index contributed by atoms with van der Waals surface area (Å²) < 4.78 is 12.6. The fourth-order valence-corrected chi connectivity index (χ4v) is 2.06. The number of rotatable bonds is 1. The molecule has 0 spiro atoms. The minimum absolute atomic E-state index is 0.164. The van der Waals surface area contributed by atoms with Crippen LogP contribution in [0.5, 0.6) is 0 Å². The van der Waals surface area contributed by atoms with Crippen molar-refractivity contribution in [1.29, 1.82) is 0 Å². The highest BCUT2D eigenvalue weighted by Crippen LogP contribution is 2.28. The maximum atomic E-state index is 12.6. The molecule has 0 aliphatic carbocycles. The maximum absolute atomic E-state index is 12.6. The van der Waals surface area contributed by atoms with Gasteiger partial charge in [-0.1, -0.05) is 23.7 Å². The first-order chi connectivity index (χ1) is 6.33. The molecule has 0 amide bonds. The summed E-state index contributed by atoms with van der Waals surface area (Å²) in [4.78, 5) is 0. The van der Waals surface area contributed by atoms with Gasteiger partial charge in [-0.3, -0.25) is 0 Å². The van der Waals surface area contributed by atoms with E-state index in [1.807, 2.05) is 18.2 Å². The van der Waals surface area contributed by atoms with Crippen molar-refractivity contribution in [2.75, 3.05) is 13.2 Å². The van der Waals surface area contributed by atoms with Gasteiger partial charge in [0.25, 0.3) is 0 Å². The summed E-state index contributed by atoms with van der Waals surface area (Å²) in [5, 5.41) is 3.88. The summed E-state index contributed by atoms with van der Waals surface area (Å²) in [7, 11) is 0. The molecule has 3 heteroatoms. The van der Waals surface area contributed by atoms with Crippen molar-refractivity contribution in [2.24, 2.45) is 0 Å². The van der Waals surface area contributed by atoms with Crippen molar-refractivity contribution < 1.29 is 4.39 Å². The van der Waals surface area contributed by atoms with Crippen LogP contribution in [-0.4, -0.2) is 13.2 Å². The Morgan fingerprint density at radius 1 is 1.54 bits per heavy atom. The molecular formula is C10H11ClFN. The minimum Gasteiger partial charge on any atom is -0.307 e. The van der Waals surface area contributed by atoms with Crippen molar-refractivity contribution >= 4 is 11.6 Å². The van der Waals surface area contributed by atoms with Gasteiger partial charge in [-0.15, -0.1) is 0 Å². The van der Waals surface area contributed by atoms with Gasteiger partial charge >= 0.3 is 0 Å². The van der Waals surface area contributed by atoms with E-state index in [1.54, 1.807) is 0 Å². The molecular weight excluding hydrogens is 189 g/mol. The normalized spacial score (nSPS) is 21.2. The van der Waals surface area contributed by atoms with E-state index in [-0.39, 0.29) is 12.7 Å². The molecule has 2 rings (SSSR count). The zero-order chi connectivity index (χ0) is 9.26. The second-order valence-corrected chi connectivity index (χ2v) is 3.63. The van der Waals surface area contributed by atoms with E-state index in [4.69, 9.17) is 11.6 Å². The molecule has 0 saturated heterocycles. The second-order valence-electron chi connectivity index (χ2n) is 3.22. The van der Waals surface area contributed by atoms with E-state index in [0.717, 1.165) is 29.1 Å². The molecule has 1 atom stereocenters.